The number of aromatic nitrogens is 3. The zero-order chi connectivity index (χ0) is 11.4. The number of hydrogen-bond donors (Lipinski definition) is 2. The highest BCUT2D eigenvalue weighted by Crippen LogP contribution is 2.36. The highest BCUT2D eigenvalue weighted by molar-refractivity contribution is 7.25. The van der Waals surface area contributed by atoms with E-state index in [1.807, 2.05) is 6.20 Å². The van der Waals surface area contributed by atoms with Gasteiger partial charge in [-0.2, -0.15) is 0 Å². The molecule has 4 rings (SSSR count). The quantitative estimate of drug-likeness (QED) is 0.496. The van der Waals surface area contributed by atoms with Crippen LogP contribution in [0.3, 0.4) is 0 Å². The van der Waals surface area contributed by atoms with Gasteiger partial charge < -0.3 is 10.7 Å². The standard InChI is InChI=1S/C12H8N4S/c13-11-10-9(15-5-16-11)8-7-3-1-2-6(7)4-14-12(8)17-10/h1-5H,13H2,(H,15,16)/p+1. The van der Waals surface area contributed by atoms with Crippen molar-refractivity contribution in [2.45, 2.75) is 0 Å². The predicted molar refractivity (Wildman–Crippen MR) is 70.0 cm³/mol. The van der Waals surface area contributed by atoms with Gasteiger partial charge in [-0.15, -0.1) is 0 Å². The number of anilines is 1. The molecule has 0 unspecified atom stereocenters. The molecule has 0 aliphatic carbocycles. The van der Waals surface area contributed by atoms with E-state index in [-0.39, 0.29) is 0 Å². The fourth-order valence-corrected chi connectivity index (χ4v) is 3.32. The topological polar surface area (TPSA) is 68.8 Å². The predicted octanol–water partition coefficient (Wildman–Crippen LogP) is 2.33. The summed E-state index contributed by atoms with van der Waals surface area (Å²) in [5.41, 5.74) is 6.97. The smallest absolute Gasteiger partial charge is 0.270 e. The number of nitrogen functional groups attached to an aromatic ring is 1. The molecule has 0 saturated heterocycles. The lowest BCUT2D eigenvalue weighted by Gasteiger charge is -1.94. The molecular weight excluding hydrogens is 232 g/mol. The van der Waals surface area contributed by atoms with Crippen molar-refractivity contribution in [3.63, 3.8) is 0 Å². The zero-order valence-corrected chi connectivity index (χ0v) is 9.64. The van der Waals surface area contributed by atoms with E-state index in [1.54, 1.807) is 17.7 Å². The average molecular weight is 241 g/mol. The van der Waals surface area contributed by atoms with Crippen molar-refractivity contribution >= 4 is 48.4 Å². The second kappa shape index (κ2) is 2.95. The first-order chi connectivity index (χ1) is 8.34. The molecule has 0 aliphatic rings. The lowest BCUT2D eigenvalue weighted by Crippen LogP contribution is -1.98. The van der Waals surface area contributed by atoms with Gasteiger partial charge >= 0.3 is 0 Å². The summed E-state index contributed by atoms with van der Waals surface area (Å²) in [7, 11) is 0. The second-order valence-corrected chi connectivity index (χ2v) is 5.00. The number of fused-ring (bicyclic) bond motifs is 5. The molecule has 0 saturated carbocycles. The summed E-state index contributed by atoms with van der Waals surface area (Å²) >= 11 is 1.63. The van der Waals surface area contributed by atoms with Crippen LogP contribution in [0.1, 0.15) is 0 Å². The van der Waals surface area contributed by atoms with Crippen molar-refractivity contribution in [1.29, 1.82) is 0 Å². The van der Waals surface area contributed by atoms with E-state index in [4.69, 9.17) is 5.73 Å². The van der Waals surface area contributed by atoms with Crippen LogP contribution in [0.5, 0.6) is 0 Å². The Hall–Kier alpha value is -2.14. The zero-order valence-electron chi connectivity index (χ0n) is 8.82. The molecule has 3 aromatic heterocycles. The Balaban J connectivity index is 2.40. The van der Waals surface area contributed by atoms with Crippen molar-refractivity contribution in [1.82, 2.24) is 9.97 Å². The summed E-state index contributed by atoms with van der Waals surface area (Å²) in [5, 5.41) is 3.65. The van der Waals surface area contributed by atoms with Gasteiger partial charge in [0.1, 0.15) is 10.5 Å². The molecule has 0 bridgehead atoms. The Morgan fingerprint density at radius 3 is 3.24 bits per heavy atom. The lowest BCUT2D eigenvalue weighted by molar-refractivity contribution is -0.339. The van der Waals surface area contributed by atoms with Gasteiger partial charge in [-0.05, 0) is 6.07 Å². The van der Waals surface area contributed by atoms with Crippen molar-refractivity contribution in [2.24, 2.45) is 0 Å². The minimum atomic E-state index is 0.577. The SMILES string of the molecule is Nc1nc[nH]c2c1sc1[nH+]cc3cccc3c12. The molecular formula is C12H9N4S+. The Bertz CT molecular complexity index is 859. The normalized spacial score (nSPS) is 11.8. The van der Waals surface area contributed by atoms with Gasteiger partial charge in [0.05, 0.1) is 17.2 Å². The van der Waals surface area contributed by atoms with Crippen LogP contribution in [0.4, 0.5) is 5.82 Å². The summed E-state index contributed by atoms with van der Waals surface area (Å²) in [6.07, 6.45) is 3.67. The minimum absolute atomic E-state index is 0.577. The number of pyridine rings is 1. The molecule has 0 fully saturated rings. The van der Waals surface area contributed by atoms with E-state index in [0.717, 1.165) is 15.0 Å². The average Bonchev–Trinajstić information content (AvgIpc) is 2.91. The number of aromatic amines is 2. The molecule has 0 amide bonds. The minimum Gasteiger partial charge on any atom is -0.382 e. The molecule has 0 aliphatic heterocycles. The van der Waals surface area contributed by atoms with Gasteiger partial charge in [-0.3, -0.25) is 0 Å². The van der Waals surface area contributed by atoms with Crippen LogP contribution in [0.25, 0.3) is 31.2 Å². The molecule has 0 spiro atoms. The van der Waals surface area contributed by atoms with E-state index in [0.29, 0.717) is 5.82 Å². The van der Waals surface area contributed by atoms with Gasteiger partial charge in [-0.1, -0.05) is 23.5 Å². The number of nitrogens with one attached hydrogen (secondary N) is 2. The summed E-state index contributed by atoms with van der Waals surface area (Å²) in [5.74, 6) is 0.577. The van der Waals surface area contributed by atoms with Crippen LogP contribution in [-0.4, -0.2) is 9.97 Å². The molecule has 4 N–H and O–H groups in total. The Morgan fingerprint density at radius 2 is 2.29 bits per heavy atom. The lowest BCUT2D eigenvalue weighted by atomic mass is 10.2. The van der Waals surface area contributed by atoms with Crippen LogP contribution in [-0.2, 0) is 0 Å². The Kier molecular flexibility index (Phi) is 1.55. The molecule has 17 heavy (non-hydrogen) atoms. The first-order valence-corrected chi connectivity index (χ1v) is 6.11. The van der Waals surface area contributed by atoms with Crippen molar-refractivity contribution in [3.8, 4) is 0 Å². The van der Waals surface area contributed by atoms with Crippen LogP contribution in [0.2, 0.25) is 0 Å². The van der Waals surface area contributed by atoms with E-state index in [9.17, 15) is 0 Å². The van der Waals surface area contributed by atoms with Crippen LogP contribution in [0.15, 0.2) is 30.7 Å². The van der Waals surface area contributed by atoms with Crippen LogP contribution in [0, 0.1) is 0 Å². The monoisotopic (exact) mass is 241 g/mol. The largest absolute Gasteiger partial charge is 0.382 e. The maximum absolute atomic E-state index is 5.90. The van der Waals surface area contributed by atoms with Crippen LogP contribution >= 0.6 is 11.3 Å². The highest BCUT2D eigenvalue weighted by atomic mass is 32.1. The second-order valence-electron chi connectivity index (χ2n) is 3.98. The number of rotatable bonds is 0. The molecule has 4 nitrogen and oxygen atoms in total. The number of nitrogens with two attached hydrogens (primary N) is 1. The first-order valence-electron chi connectivity index (χ1n) is 5.29. The van der Waals surface area contributed by atoms with Crippen LogP contribution < -0.4 is 10.7 Å². The van der Waals surface area contributed by atoms with E-state index in [2.05, 4.69) is 33.2 Å². The third-order valence-electron chi connectivity index (χ3n) is 3.03. The third kappa shape index (κ3) is 1.06. The van der Waals surface area contributed by atoms with Gasteiger partial charge in [0.25, 0.3) is 4.83 Å². The summed E-state index contributed by atoms with van der Waals surface area (Å²) < 4.78 is 1.01. The first kappa shape index (κ1) is 8.95. The number of nitrogens with zero attached hydrogens (tertiary/aromatic N) is 1. The van der Waals surface area contributed by atoms with Crippen molar-refractivity contribution in [2.75, 3.05) is 5.73 Å². The van der Waals surface area contributed by atoms with Gasteiger partial charge in [0, 0.05) is 10.8 Å². The maximum atomic E-state index is 5.90. The van der Waals surface area contributed by atoms with E-state index in [1.165, 1.54) is 16.2 Å². The number of H-pyrrole nitrogens is 2. The van der Waals surface area contributed by atoms with Gasteiger partial charge in [0.15, 0.2) is 6.20 Å². The number of thiophene rings is 1. The molecule has 5 heteroatoms. The van der Waals surface area contributed by atoms with E-state index < -0.39 is 0 Å². The van der Waals surface area contributed by atoms with Gasteiger partial charge in [-0.25, -0.2) is 9.97 Å². The Labute approximate surface area is 100 Å². The summed E-state index contributed by atoms with van der Waals surface area (Å²) in [4.78, 5) is 11.7. The summed E-state index contributed by atoms with van der Waals surface area (Å²) in [6, 6.07) is 6.29. The van der Waals surface area contributed by atoms with Gasteiger partial charge in [0.2, 0.25) is 0 Å². The fraction of sp³-hybridized carbons (Fsp3) is 0. The fourth-order valence-electron chi connectivity index (χ4n) is 2.26. The maximum Gasteiger partial charge on any atom is 0.270 e. The third-order valence-corrected chi connectivity index (χ3v) is 4.17. The molecule has 3 heterocycles. The molecule has 1 aromatic carbocycles. The Morgan fingerprint density at radius 1 is 1.35 bits per heavy atom. The molecule has 4 aromatic rings. The number of hydrogen-bond acceptors (Lipinski definition) is 3. The molecule has 0 atom stereocenters. The summed E-state index contributed by atoms with van der Waals surface area (Å²) in [6.45, 7) is 0. The molecule has 0 radical (unpaired) electrons. The van der Waals surface area contributed by atoms with Crippen molar-refractivity contribution in [3.05, 3.63) is 30.7 Å². The van der Waals surface area contributed by atoms with Crippen molar-refractivity contribution < 1.29 is 4.98 Å². The highest BCUT2D eigenvalue weighted by Gasteiger charge is 2.16. The van der Waals surface area contributed by atoms with E-state index >= 15 is 0 Å². The molecule has 82 valence electrons.